The summed E-state index contributed by atoms with van der Waals surface area (Å²) in [6, 6.07) is 7.74. The van der Waals surface area contributed by atoms with E-state index in [1.54, 1.807) is 6.07 Å². The molecular weight excluding hydrogens is 222 g/mol. The van der Waals surface area contributed by atoms with Crippen LogP contribution in [0.25, 0.3) is 0 Å². The molecule has 2 rings (SSSR count). The molecule has 0 heterocycles. The van der Waals surface area contributed by atoms with Crippen LogP contribution in [0.1, 0.15) is 38.2 Å². The highest BCUT2D eigenvalue weighted by atomic mass is 16.3. The number of nitrogens with one attached hydrogen (secondary N) is 1. The summed E-state index contributed by atoms with van der Waals surface area (Å²) in [4.78, 5) is 0. The molecule has 2 N–H and O–H groups in total. The van der Waals surface area contributed by atoms with E-state index >= 15 is 0 Å². The van der Waals surface area contributed by atoms with Crippen molar-refractivity contribution in [1.82, 2.24) is 5.32 Å². The van der Waals surface area contributed by atoms with Gasteiger partial charge in [0.1, 0.15) is 5.75 Å². The molecule has 0 bridgehead atoms. The lowest BCUT2D eigenvalue weighted by Gasteiger charge is -2.24. The summed E-state index contributed by atoms with van der Waals surface area (Å²) < 4.78 is 0. The standard InChI is InChI=1S/C16H25NO/c1-2-17-12-15(14-7-3-4-8-14)10-13-6-5-9-16(18)11-13/h5-6,9,11,14-15,17-18H,2-4,7-8,10,12H2,1H3. The molecule has 1 aromatic carbocycles. The summed E-state index contributed by atoms with van der Waals surface area (Å²) in [6.07, 6.45) is 6.65. The number of hydrogen-bond donors (Lipinski definition) is 2. The van der Waals surface area contributed by atoms with Gasteiger partial charge in [-0.3, -0.25) is 0 Å². The zero-order chi connectivity index (χ0) is 12.8. The molecule has 0 aliphatic heterocycles. The molecule has 0 amide bonds. The van der Waals surface area contributed by atoms with Gasteiger partial charge in [0.2, 0.25) is 0 Å². The van der Waals surface area contributed by atoms with Gasteiger partial charge in [-0.1, -0.05) is 44.7 Å². The minimum Gasteiger partial charge on any atom is -0.508 e. The lowest BCUT2D eigenvalue weighted by atomic mass is 9.85. The highest BCUT2D eigenvalue weighted by Crippen LogP contribution is 2.33. The Morgan fingerprint density at radius 2 is 2.11 bits per heavy atom. The molecule has 2 heteroatoms. The molecule has 2 nitrogen and oxygen atoms in total. The monoisotopic (exact) mass is 247 g/mol. The second-order valence-corrected chi connectivity index (χ2v) is 5.49. The first-order valence-electron chi connectivity index (χ1n) is 7.28. The van der Waals surface area contributed by atoms with Crippen molar-refractivity contribution in [3.05, 3.63) is 29.8 Å². The van der Waals surface area contributed by atoms with E-state index in [-0.39, 0.29) is 0 Å². The van der Waals surface area contributed by atoms with E-state index in [9.17, 15) is 5.11 Å². The predicted molar refractivity (Wildman–Crippen MR) is 75.8 cm³/mol. The Bertz CT molecular complexity index is 358. The maximum absolute atomic E-state index is 9.55. The van der Waals surface area contributed by atoms with Gasteiger partial charge >= 0.3 is 0 Å². The van der Waals surface area contributed by atoms with Crippen molar-refractivity contribution in [2.45, 2.75) is 39.0 Å². The zero-order valence-electron chi connectivity index (χ0n) is 11.4. The number of phenols is 1. The van der Waals surface area contributed by atoms with Crippen LogP contribution in [0.3, 0.4) is 0 Å². The van der Waals surface area contributed by atoms with Crippen LogP contribution in [0, 0.1) is 11.8 Å². The molecule has 0 spiro atoms. The molecule has 0 saturated heterocycles. The van der Waals surface area contributed by atoms with Crippen molar-refractivity contribution >= 4 is 0 Å². The van der Waals surface area contributed by atoms with Gasteiger partial charge in [-0.25, -0.2) is 0 Å². The Hall–Kier alpha value is -1.02. The fourth-order valence-electron chi connectivity index (χ4n) is 3.15. The van der Waals surface area contributed by atoms with E-state index in [0.29, 0.717) is 11.7 Å². The third kappa shape index (κ3) is 3.74. The van der Waals surface area contributed by atoms with Crippen molar-refractivity contribution in [3.8, 4) is 5.75 Å². The van der Waals surface area contributed by atoms with E-state index < -0.39 is 0 Å². The number of benzene rings is 1. The first kappa shape index (κ1) is 13.4. The maximum Gasteiger partial charge on any atom is 0.115 e. The quantitative estimate of drug-likeness (QED) is 0.808. The fraction of sp³-hybridized carbons (Fsp3) is 0.625. The van der Waals surface area contributed by atoms with Crippen LogP contribution < -0.4 is 5.32 Å². The molecule has 1 fully saturated rings. The van der Waals surface area contributed by atoms with Crippen molar-refractivity contribution in [1.29, 1.82) is 0 Å². The van der Waals surface area contributed by atoms with Crippen LogP contribution in [0.15, 0.2) is 24.3 Å². The number of aromatic hydroxyl groups is 1. The summed E-state index contributed by atoms with van der Waals surface area (Å²) >= 11 is 0. The second kappa shape index (κ2) is 6.79. The summed E-state index contributed by atoms with van der Waals surface area (Å²) in [6.45, 7) is 4.32. The molecule has 18 heavy (non-hydrogen) atoms. The third-order valence-electron chi connectivity index (χ3n) is 4.13. The van der Waals surface area contributed by atoms with Gasteiger partial charge in [-0.2, -0.15) is 0 Å². The van der Waals surface area contributed by atoms with Gasteiger partial charge in [0.25, 0.3) is 0 Å². The fourth-order valence-corrected chi connectivity index (χ4v) is 3.15. The van der Waals surface area contributed by atoms with Crippen LogP contribution in [-0.2, 0) is 6.42 Å². The summed E-state index contributed by atoms with van der Waals surface area (Å²) in [7, 11) is 0. The van der Waals surface area contributed by atoms with Crippen LogP contribution >= 0.6 is 0 Å². The number of phenolic OH excluding ortho intramolecular Hbond substituents is 1. The number of hydrogen-bond acceptors (Lipinski definition) is 2. The lowest BCUT2D eigenvalue weighted by Crippen LogP contribution is -2.28. The zero-order valence-corrected chi connectivity index (χ0v) is 11.4. The van der Waals surface area contributed by atoms with E-state index in [2.05, 4.69) is 18.3 Å². The largest absolute Gasteiger partial charge is 0.508 e. The van der Waals surface area contributed by atoms with Gasteiger partial charge in [0, 0.05) is 0 Å². The van der Waals surface area contributed by atoms with Crippen molar-refractivity contribution in [2.24, 2.45) is 11.8 Å². The SMILES string of the molecule is CCNCC(Cc1cccc(O)c1)C1CCCC1. The number of rotatable bonds is 6. The lowest BCUT2D eigenvalue weighted by molar-refractivity contribution is 0.323. The smallest absolute Gasteiger partial charge is 0.115 e. The topological polar surface area (TPSA) is 32.3 Å². The van der Waals surface area contributed by atoms with E-state index in [0.717, 1.165) is 25.4 Å². The van der Waals surface area contributed by atoms with Crippen molar-refractivity contribution < 1.29 is 5.11 Å². The Balaban J connectivity index is 1.99. The van der Waals surface area contributed by atoms with Gasteiger partial charge in [-0.05, 0) is 49.0 Å². The average Bonchev–Trinajstić information content (AvgIpc) is 2.88. The molecule has 1 saturated carbocycles. The van der Waals surface area contributed by atoms with E-state index in [4.69, 9.17) is 0 Å². The normalized spacial score (nSPS) is 18.1. The van der Waals surface area contributed by atoms with Crippen molar-refractivity contribution in [2.75, 3.05) is 13.1 Å². The Kier molecular flexibility index (Phi) is 5.06. The molecule has 100 valence electrons. The molecule has 1 aliphatic rings. The molecule has 1 atom stereocenters. The molecule has 0 aromatic heterocycles. The van der Waals surface area contributed by atoms with Crippen LogP contribution in [0.5, 0.6) is 5.75 Å². The molecule has 0 radical (unpaired) electrons. The highest BCUT2D eigenvalue weighted by Gasteiger charge is 2.24. The van der Waals surface area contributed by atoms with Crippen LogP contribution in [0.2, 0.25) is 0 Å². The van der Waals surface area contributed by atoms with Crippen LogP contribution in [-0.4, -0.2) is 18.2 Å². The van der Waals surface area contributed by atoms with E-state index in [1.165, 1.54) is 31.2 Å². The minimum absolute atomic E-state index is 0.390. The minimum atomic E-state index is 0.390. The average molecular weight is 247 g/mol. The molecular formula is C16H25NO. The third-order valence-corrected chi connectivity index (χ3v) is 4.13. The Morgan fingerprint density at radius 3 is 2.78 bits per heavy atom. The molecule has 1 aromatic rings. The van der Waals surface area contributed by atoms with Crippen LogP contribution in [0.4, 0.5) is 0 Å². The predicted octanol–water partition coefficient (Wildman–Crippen LogP) is 3.35. The summed E-state index contributed by atoms with van der Waals surface area (Å²) in [5.74, 6) is 1.97. The second-order valence-electron chi connectivity index (χ2n) is 5.49. The Labute approximate surface area is 110 Å². The van der Waals surface area contributed by atoms with Gasteiger partial charge in [-0.15, -0.1) is 0 Å². The Morgan fingerprint density at radius 1 is 1.33 bits per heavy atom. The first-order valence-corrected chi connectivity index (χ1v) is 7.28. The molecule has 1 unspecified atom stereocenters. The summed E-state index contributed by atoms with van der Waals surface area (Å²) in [5.41, 5.74) is 1.27. The van der Waals surface area contributed by atoms with Gasteiger partial charge < -0.3 is 10.4 Å². The first-order chi connectivity index (χ1) is 8.79. The van der Waals surface area contributed by atoms with E-state index in [1.807, 2.05) is 12.1 Å². The van der Waals surface area contributed by atoms with Gasteiger partial charge in [0.15, 0.2) is 0 Å². The van der Waals surface area contributed by atoms with Crippen molar-refractivity contribution in [3.63, 3.8) is 0 Å². The summed E-state index contributed by atoms with van der Waals surface area (Å²) in [5, 5.41) is 13.0. The maximum atomic E-state index is 9.55. The molecule has 1 aliphatic carbocycles. The van der Waals surface area contributed by atoms with Gasteiger partial charge in [0.05, 0.1) is 0 Å². The highest BCUT2D eigenvalue weighted by molar-refractivity contribution is 5.27.